The summed E-state index contributed by atoms with van der Waals surface area (Å²) in [6.45, 7) is 2.03. The third-order valence-electron chi connectivity index (χ3n) is 5.89. The summed E-state index contributed by atoms with van der Waals surface area (Å²) in [6, 6.07) is 7.80. The van der Waals surface area contributed by atoms with Gasteiger partial charge in [-0.15, -0.1) is 0 Å². The van der Waals surface area contributed by atoms with Crippen molar-refractivity contribution in [3.63, 3.8) is 0 Å². The van der Waals surface area contributed by atoms with Crippen LogP contribution in [0.3, 0.4) is 0 Å². The van der Waals surface area contributed by atoms with E-state index in [2.05, 4.69) is 5.32 Å². The lowest BCUT2D eigenvalue weighted by Crippen LogP contribution is -2.31. The Hall–Kier alpha value is -2.36. The Bertz CT molecular complexity index is 1100. The monoisotopic (exact) mass is 496 g/mol. The van der Waals surface area contributed by atoms with Crippen LogP contribution in [0.4, 0.5) is 4.39 Å². The third kappa shape index (κ3) is 5.96. The smallest absolute Gasteiger partial charge is 0.268 e. The molecule has 1 saturated heterocycles. The predicted molar refractivity (Wildman–Crippen MR) is 122 cm³/mol. The van der Waals surface area contributed by atoms with Crippen LogP contribution in [-0.2, 0) is 10.0 Å². The van der Waals surface area contributed by atoms with Gasteiger partial charge in [0.2, 0.25) is 0 Å². The quantitative estimate of drug-likeness (QED) is 0.575. The predicted octanol–water partition coefficient (Wildman–Crippen LogP) is 3.91. The maximum atomic E-state index is 14.6. The molecule has 1 amide bonds. The number of carbonyl (C=O) groups is 1. The maximum Gasteiger partial charge on any atom is 0.268 e. The van der Waals surface area contributed by atoms with E-state index >= 15 is 0 Å². The highest BCUT2D eigenvalue weighted by molar-refractivity contribution is 7.90. The molecular formula is C23H26ClFN2O5S. The number of hydrogen-bond donors (Lipinski definition) is 2. The Kier molecular flexibility index (Phi) is 7.41. The van der Waals surface area contributed by atoms with Gasteiger partial charge in [-0.05, 0) is 62.1 Å². The molecule has 4 rings (SSSR count). The first-order valence-electron chi connectivity index (χ1n) is 11.0. The first kappa shape index (κ1) is 23.8. The molecule has 7 nitrogen and oxygen atoms in total. The van der Waals surface area contributed by atoms with Gasteiger partial charge in [-0.1, -0.05) is 24.4 Å². The van der Waals surface area contributed by atoms with Gasteiger partial charge in [-0.25, -0.2) is 17.5 Å². The molecule has 2 fully saturated rings. The van der Waals surface area contributed by atoms with Crippen LogP contribution in [0.2, 0.25) is 5.02 Å². The Morgan fingerprint density at radius 3 is 2.55 bits per heavy atom. The summed E-state index contributed by atoms with van der Waals surface area (Å²) in [5, 5.41) is 3.22. The first-order chi connectivity index (χ1) is 15.8. The van der Waals surface area contributed by atoms with E-state index in [0.717, 1.165) is 57.3 Å². The van der Waals surface area contributed by atoms with Crippen LogP contribution in [0.25, 0.3) is 0 Å². The highest BCUT2D eigenvalue weighted by atomic mass is 35.5. The summed E-state index contributed by atoms with van der Waals surface area (Å²) >= 11 is 6.17. The number of sulfonamides is 1. The topological polar surface area (TPSA) is 93.7 Å². The number of hydrogen-bond acceptors (Lipinski definition) is 6. The molecule has 1 atom stereocenters. The molecule has 1 aliphatic heterocycles. The average molecular weight is 497 g/mol. The van der Waals surface area contributed by atoms with Gasteiger partial charge in [-0.2, -0.15) is 0 Å². The molecule has 2 aromatic rings. The van der Waals surface area contributed by atoms with Crippen LogP contribution in [0.15, 0.2) is 41.3 Å². The number of rotatable bonds is 8. The maximum absolute atomic E-state index is 14.6. The second-order valence-corrected chi connectivity index (χ2v) is 10.5. The van der Waals surface area contributed by atoms with Crippen LogP contribution >= 0.6 is 11.6 Å². The van der Waals surface area contributed by atoms with Crippen LogP contribution in [-0.4, -0.2) is 40.1 Å². The molecule has 178 valence electrons. The molecule has 33 heavy (non-hydrogen) atoms. The summed E-state index contributed by atoms with van der Waals surface area (Å²) in [4.78, 5) is 12.4. The minimum Gasteiger partial charge on any atom is -0.492 e. The first-order valence-corrected chi connectivity index (χ1v) is 12.8. The molecule has 0 bridgehead atoms. The summed E-state index contributed by atoms with van der Waals surface area (Å²) in [7, 11) is -4.22. The van der Waals surface area contributed by atoms with Crippen molar-refractivity contribution >= 4 is 27.5 Å². The summed E-state index contributed by atoms with van der Waals surface area (Å²) in [5.41, 5.74) is -0.481. The van der Waals surface area contributed by atoms with Crippen molar-refractivity contribution in [1.82, 2.24) is 10.0 Å². The molecular weight excluding hydrogens is 471 g/mol. The zero-order valence-corrected chi connectivity index (χ0v) is 19.6. The molecule has 2 N–H and O–H groups in total. The molecule has 0 spiro atoms. The zero-order valence-electron chi connectivity index (χ0n) is 18.0. The number of ether oxygens (including phenoxy) is 2. The number of nitrogens with one attached hydrogen (secondary N) is 2. The molecule has 0 aromatic heterocycles. The van der Waals surface area contributed by atoms with Gasteiger partial charge < -0.3 is 14.8 Å². The minimum atomic E-state index is -4.22. The molecule has 2 aromatic carbocycles. The van der Waals surface area contributed by atoms with Crippen molar-refractivity contribution in [2.24, 2.45) is 5.92 Å². The summed E-state index contributed by atoms with van der Waals surface area (Å²) in [6.07, 6.45) is 5.32. The summed E-state index contributed by atoms with van der Waals surface area (Å²) < 4.78 is 53.1. The fourth-order valence-electron chi connectivity index (χ4n) is 4.05. The average Bonchev–Trinajstić information content (AvgIpc) is 3.48. The van der Waals surface area contributed by atoms with Crippen molar-refractivity contribution in [3.8, 4) is 11.5 Å². The Balaban J connectivity index is 1.41. The molecule has 2 aliphatic rings. The third-order valence-corrected chi connectivity index (χ3v) is 7.54. The second-order valence-electron chi connectivity index (χ2n) is 8.36. The van der Waals surface area contributed by atoms with Gasteiger partial charge >= 0.3 is 0 Å². The molecule has 1 unspecified atom stereocenters. The van der Waals surface area contributed by atoms with Gasteiger partial charge in [0.05, 0.1) is 22.1 Å². The highest BCUT2D eigenvalue weighted by Gasteiger charge is 2.24. The van der Waals surface area contributed by atoms with Gasteiger partial charge in [0.1, 0.15) is 23.4 Å². The minimum absolute atomic E-state index is 0.0324. The van der Waals surface area contributed by atoms with Crippen molar-refractivity contribution in [2.45, 2.75) is 43.1 Å². The van der Waals surface area contributed by atoms with Crippen LogP contribution in [0, 0.1) is 11.7 Å². The molecule has 1 heterocycles. The van der Waals surface area contributed by atoms with E-state index in [4.69, 9.17) is 21.1 Å². The standard InChI is InChI=1S/C23H26ClFN2O5S/c24-20-11-19(21(25)12-22(20)31-14-15-3-1-2-4-15)23(28)27-33(29,30)18-7-5-16(6-8-18)32-17-9-10-26-13-17/h5-8,11-12,15,17,26H,1-4,9-10,13-14H2,(H,27,28). The van der Waals surface area contributed by atoms with Gasteiger partial charge in [0.25, 0.3) is 15.9 Å². The van der Waals surface area contributed by atoms with E-state index in [9.17, 15) is 17.6 Å². The van der Waals surface area contributed by atoms with Gasteiger partial charge in [-0.3, -0.25) is 4.79 Å². The molecule has 0 radical (unpaired) electrons. The number of amides is 1. The fourth-order valence-corrected chi connectivity index (χ4v) is 5.24. The van der Waals surface area contributed by atoms with Crippen molar-refractivity contribution in [3.05, 3.63) is 52.8 Å². The lowest BCUT2D eigenvalue weighted by molar-refractivity contribution is 0.0977. The lowest BCUT2D eigenvalue weighted by atomic mass is 10.1. The van der Waals surface area contributed by atoms with E-state index in [1.807, 2.05) is 4.72 Å². The van der Waals surface area contributed by atoms with Crippen LogP contribution in [0.5, 0.6) is 11.5 Å². The van der Waals surface area contributed by atoms with Crippen molar-refractivity contribution < 1.29 is 27.1 Å². The van der Waals surface area contributed by atoms with E-state index in [1.54, 1.807) is 0 Å². The highest BCUT2D eigenvalue weighted by Crippen LogP contribution is 2.31. The van der Waals surface area contributed by atoms with E-state index in [1.165, 1.54) is 24.3 Å². The normalized spacial score (nSPS) is 18.9. The van der Waals surface area contributed by atoms with Crippen molar-refractivity contribution in [1.29, 1.82) is 0 Å². The second kappa shape index (κ2) is 10.3. The number of carbonyl (C=O) groups excluding carboxylic acids is 1. The molecule has 1 saturated carbocycles. The SMILES string of the molecule is O=C(NS(=O)(=O)c1ccc(OC2CCNC2)cc1)c1cc(Cl)c(OCC2CCCC2)cc1F. The van der Waals surface area contributed by atoms with E-state index in [0.29, 0.717) is 18.3 Å². The molecule has 10 heteroatoms. The number of halogens is 2. The Labute approximate surface area is 197 Å². The van der Waals surface area contributed by atoms with Crippen LogP contribution < -0.4 is 19.5 Å². The Morgan fingerprint density at radius 2 is 1.88 bits per heavy atom. The van der Waals surface area contributed by atoms with Crippen molar-refractivity contribution in [2.75, 3.05) is 19.7 Å². The Morgan fingerprint density at radius 1 is 1.15 bits per heavy atom. The number of benzene rings is 2. The van der Waals surface area contributed by atoms with Gasteiger partial charge in [0, 0.05) is 12.6 Å². The lowest BCUT2D eigenvalue weighted by Gasteiger charge is -2.14. The molecule has 1 aliphatic carbocycles. The van der Waals surface area contributed by atoms with Crippen LogP contribution in [0.1, 0.15) is 42.5 Å². The zero-order chi connectivity index (χ0) is 23.4. The van der Waals surface area contributed by atoms with E-state index < -0.39 is 27.3 Å². The fraction of sp³-hybridized carbons (Fsp3) is 0.435. The van der Waals surface area contributed by atoms with Gasteiger partial charge in [0.15, 0.2) is 0 Å². The largest absolute Gasteiger partial charge is 0.492 e. The van der Waals surface area contributed by atoms with E-state index in [-0.39, 0.29) is 21.8 Å². The summed E-state index contributed by atoms with van der Waals surface area (Å²) in [5.74, 6) is -0.964.